The van der Waals surface area contributed by atoms with Crippen molar-refractivity contribution in [3.63, 3.8) is 0 Å². The molecule has 0 aliphatic carbocycles. The minimum Gasteiger partial charge on any atom is -0.394 e. The van der Waals surface area contributed by atoms with E-state index in [1.807, 2.05) is 44.3 Å². The van der Waals surface area contributed by atoms with Crippen LogP contribution < -0.4 is 11.1 Å². The third kappa shape index (κ3) is 3.62. The highest BCUT2D eigenvalue weighted by atomic mass is 16.3. The molecule has 114 valence electrons. The van der Waals surface area contributed by atoms with Crippen LogP contribution in [0.2, 0.25) is 0 Å². The van der Waals surface area contributed by atoms with Gasteiger partial charge in [0, 0.05) is 17.1 Å². The van der Waals surface area contributed by atoms with Crippen molar-refractivity contribution in [3.05, 3.63) is 36.0 Å². The Hall–Kier alpha value is -1.85. The normalized spacial score (nSPS) is 14.3. The first-order valence-electron chi connectivity index (χ1n) is 7.24. The highest BCUT2D eigenvalue weighted by molar-refractivity contribution is 5.86. The zero-order valence-corrected chi connectivity index (χ0v) is 12.5. The lowest BCUT2D eigenvalue weighted by molar-refractivity contribution is -0.123. The lowest BCUT2D eigenvalue weighted by Gasteiger charge is -2.22. The second kappa shape index (κ2) is 6.74. The number of aromatic nitrogens is 1. The third-order valence-corrected chi connectivity index (χ3v) is 3.78. The Kier molecular flexibility index (Phi) is 4.98. The summed E-state index contributed by atoms with van der Waals surface area (Å²) in [5, 5.41) is 13.2. The van der Waals surface area contributed by atoms with E-state index in [0.29, 0.717) is 6.42 Å². The highest BCUT2D eigenvalue weighted by Gasteiger charge is 2.21. The van der Waals surface area contributed by atoms with Crippen LogP contribution in [0.25, 0.3) is 10.9 Å². The molecule has 0 spiro atoms. The number of para-hydroxylation sites is 1. The molecule has 2 aromatic rings. The number of aromatic amines is 1. The van der Waals surface area contributed by atoms with E-state index < -0.39 is 6.04 Å². The van der Waals surface area contributed by atoms with E-state index in [1.54, 1.807) is 0 Å². The van der Waals surface area contributed by atoms with Gasteiger partial charge >= 0.3 is 0 Å². The van der Waals surface area contributed by atoms with Crippen LogP contribution in [0.1, 0.15) is 19.4 Å². The second-order valence-electron chi connectivity index (χ2n) is 5.71. The van der Waals surface area contributed by atoms with Crippen molar-refractivity contribution in [1.29, 1.82) is 0 Å². The number of aliphatic hydroxyl groups is 1. The topological polar surface area (TPSA) is 91.1 Å². The maximum absolute atomic E-state index is 12.1. The first-order valence-corrected chi connectivity index (χ1v) is 7.24. The fourth-order valence-electron chi connectivity index (χ4n) is 2.34. The Labute approximate surface area is 124 Å². The highest BCUT2D eigenvalue weighted by Crippen LogP contribution is 2.18. The predicted molar refractivity (Wildman–Crippen MR) is 83.8 cm³/mol. The molecule has 0 fully saturated rings. The van der Waals surface area contributed by atoms with Crippen molar-refractivity contribution >= 4 is 16.8 Å². The van der Waals surface area contributed by atoms with E-state index in [0.717, 1.165) is 16.5 Å². The molecule has 1 aromatic heterocycles. The molecule has 5 nitrogen and oxygen atoms in total. The van der Waals surface area contributed by atoms with E-state index in [2.05, 4.69) is 10.3 Å². The summed E-state index contributed by atoms with van der Waals surface area (Å²) >= 11 is 0. The molecular formula is C16H23N3O2. The number of aliphatic hydroxyl groups excluding tert-OH is 1. The number of carbonyl (C=O) groups is 1. The Balaban J connectivity index is 2.03. The average molecular weight is 289 g/mol. The summed E-state index contributed by atoms with van der Waals surface area (Å²) in [4.78, 5) is 15.3. The van der Waals surface area contributed by atoms with Crippen molar-refractivity contribution in [2.24, 2.45) is 11.7 Å². The molecular weight excluding hydrogens is 266 g/mol. The molecule has 1 amide bonds. The van der Waals surface area contributed by atoms with Crippen LogP contribution in [0, 0.1) is 5.92 Å². The Bertz CT molecular complexity index is 606. The Morgan fingerprint density at radius 1 is 1.38 bits per heavy atom. The summed E-state index contributed by atoms with van der Waals surface area (Å²) in [7, 11) is 0. The van der Waals surface area contributed by atoms with Crippen LogP contribution in [0.5, 0.6) is 0 Å². The standard InChI is InChI=1S/C16H23N3O2/c1-10(2)15(9-20)19-16(21)13(17)7-11-8-18-14-6-4-3-5-12(11)14/h3-6,8,10,13,15,18,20H,7,9,17H2,1-2H3,(H,19,21)/t13-,15+/m0/s1. The van der Waals surface area contributed by atoms with Crippen molar-refractivity contribution in [2.75, 3.05) is 6.61 Å². The van der Waals surface area contributed by atoms with Crippen LogP contribution >= 0.6 is 0 Å². The molecule has 0 bridgehead atoms. The molecule has 0 saturated heterocycles. The quantitative estimate of drug-likeness (QED) is 0.643. The number of hydrogen-bond donors (Lipinski definition) is 4. The lowest BCUT2D eigenvalue weighted by atomic mass is 10.0. The molecule has 2 rings (SSSR count). The van der Waals surface area contributed by atoms with Crippen LogP contribution in [-0.4, -0.2) is 34.7 Å². The average Bonchev–Trinajstić information content (AvgIpc) is 2.87. The van der Waals surface area contributed by atoms with Gasteiger partial charge in [-0.2, -0.15) is 0 Å². The number of rotatable bonds is 6. The minimum absolute atomic E-state index is 0.0801. The number of hydrogen-bond acceptors (Lipinski definition) is 3. The molecule has 1 aromatic carbocycles. The molecule has 0 aliphatic rings. The molecule has 0 unspecified atom stereocenters. The van der Waals surface area contributed by atoms with Crippen molar-refractivity contribution < 1.29 is 9.90 Å². The van der Waals surface area contributed by atoms with Gasteiger partial charge in [-0.15, -0.1) is 0 Å². The van der Waals surface area contributed by atoms with Crippen molar-refractivity contribution in [3.8, 4) is 0 Å². The van der Waals surface area contributed by atoms with E-state index in [9.17, 15) is 9.90 Å². The van der Waals surface area contributed by atoms with E-state index >= 15 is 0 Å². The zero-order chi connectivity index (χ0) is 15.4. The number of H-pyrrole nitrogens is 1. The van der Waals surface area contributed by atoms with Gasteiger partial charge in [-0.25, -0.2) is 0 Å². The minimum atomic E-state index is -0.628. The number of benzene rings is 1. The predicted octanol–water partition coefficient (Wildman–Crippen LogP) is 1.17. The van der Waals surface area contributed by atoms with Crippen molar-refractivity contribution in [2.45, 2.75) is 32.4 Å². The Morgan fingerprint density at radius 3 is 2.76 bits per heavy atom. The summed E-state index contributed by atoms with van der Waals surface area (Å²) < 4.78 is 0. The number of amides is 1. The van der Waals surface area contributed by atoms with Gasteiger partial charge in [0.2, 0.25) is 5.91 Å². The lowest BCUT2D eigenvalue weighted by Crippen LogP contribution is -2.49. The van der Waals surface area contributed by atoms with Gasteiger partial charge in [0.15, 0.2) is 0 Å². The zero-order valence-electron chi connectivity index (χ0n) is 12.5. The fraction of sp³-hybridized carbons (Fsp3) is 0.438. The fourth-order valence-corrected chi connectivity index (χ4v) is 2.34. The summed E-state index contributed by atoms with van der Waals surface area (Å²) in [5.41, 5.74) is 8.06. The number of fused-ring (bicyclic) bond motifs is 1. The molecule has 5 N–H and O–H groups in total. The van der Waals surface area contributed by atoms with Crippen molar-refractivity contribution in [1.82, 2.24) is 10.3 Å². The Morgan fingerprint density at radius 2 is 2.10 bits per heavy atom. The second-order valence-corrected chi connectivity index (χ2v) is 5.71. The van der Waals surface area contributed by atoms with Gasteiger partial charge in [0.1, 0.15) is 0 Å². The SMILES string of the molecule is CC(C)[C@@H](CO)NC(=O)[C@@H](N)Cc1c[nH]c2ccccc12. The van der Waals surface area contributed by atoms with Crippen LogP contribution in [-0.2, 0) is 11.2 Å². The molecule has 0 aliphatic heterocycles. The number of nitrogens with two attached hydrogens (primary N) is 1. The summed E-state index contributed by atoms with van der Waals surface area (Å²) in [6.07, 6.45) is 2.36. The summed E-state index contributed by atoms with van der Waals surface area (Å²) in [6.45, 7) is 3.82. The van der Waals surface area contributed by atoms with E-state index in [-0.39, 0.29) is 24.5 Å². The molecule has 0 radical (unpaired) electrons. The largest absolute Gasteiger partial charge is 0.394 e. The van der Waals surface area contributed by atoms with Crippen LogP contribution in [0.4, 0.5) is 0 Å². The molecule has 0 saturated carbocycles. The monoisotopic (exact) mass is 289 g/mol. The summed E-state index contributed by atoms with van der Waals surface area (Å²) in [5.74, 6) is -0.0627. The molecule has 5 heteroatoms. The molecule has 21 heavy (non-hydrogen) atoms. The first-order chi connectivity index (χ1) is 10.0. The van der Waals surface area contributed by atoms with Gasteiger partial charge < -0.3 is 21.1 Å². The van der Waals surface area contributed by atoms with Crippen LogP contribution in [0.3, 0.4) is 0 Å². The van der Waals surface area contributed by atoms with Gasteiger partial charge in [-0.05, 0) is 24.0 Å². The van der Waals surface area contributed by atoms with Gasteiger partial charge in [0.25, 0.3) is 0 Å². The van der Waals surface area contributed by atoms with Gasteiger partial charge in [-0.1, -0.05) is 32.0 Å². The maximum Gasteiger partial charge on any atom is 0.237 e. The first kappa shape index (κ1) is 15.5. The van der Waals surface area contributed by atoms with Gasteiger partial charge in [-0.3, -0.25) is 4.79 Å². The maximum atomic E-state index is 12.1. The molecule has 2 atom stereocenters. The third-order valence-electron chi connectivity index (χ3n) is 3.78. The number of nitrogens with one attached hydrogen (secondary N) is 2. The van der Waals surface area contributed by atoms with Gasteiger partial charge in [0.05, 0.1) is 18.7 Å². The van der Waals surface area contributed by atoms with E-state index in [4.69, 9.17) is 5.73 Å². The molecule has 1 heterocycles. The number of carbonyl (C=O) groups excluding carboxylic acids is 1. The van der Waals surface area contributed by atoms with Crippen LogP contribution in [0.15, 0.2) is 30.5 Å². The van der Waals surface area contributed by atoms with E-state index in [1.165, 1.54) is 0 Å². The smallest absolute Gasteiger partial charge is 0.237 e. The summed E-state index contributed by atoms with van der Waals surface area (Å²) in [6, 6.07) is 7.04.